The summed E-state index contributed by atoms with van der Waals surface area (Å²) in [7, 11) is 1.60. The molecule has 3 rings (SSSR count). The van der Waals surface area contributed by atoms with Gasteiger partial charge in [-0.15, -0.1) is 0 Å². The van der Waals surface area contributed by atoms with Crippen LogP contribution in [0, 0.1) is 5.92 Å². The van der Waals surface area contributed by atoms with Gasteiger partial charge in [-0.05, 0) is 39.3 Å². The third-order valence-electron chi connectivity index (χ3n) is 5.56. The van der Waals surface area contributed by atoms with Gasteiger partial charge in [0.05, 0.1) is 19.2 Å². The Morgan fingerprint density at radius 3 is 2.39 bits per heavy atom. The molecule has 6 nitrogen and oxygen atoms in total. The fourth-order valence-corrected chi connectivity index (χ4v) is 4.08. The first-order valence-corrected chi connectivity index (χ1v) is 10.7. The highest BCUT2D eigenvalue weighted by Crippen LogP contribution is 2.38. The summed E-state index contributed by atoms with van der Waals surface area (Å²) in [5.74, 6) is 0.639. The molecule has 2 aromatic rings. The van der Waals surface area contributed by atoms with Gasteiger partial charge in [-0.25, -0.2) is 4.79 Å². The van der Waals surface area contributed by atoms with Crippen molar-refractivity contribution in [1.29, 1.82) is 0 Å². The van der Waals surface area contributed by atoms with Crippen molar-refractivity contribution in [1.82, 2.24) is 10.2 Å². The molecule has 2 aromatic carbocycles. The number of likely N-dealkylation sites (tertiary alicyclic amines) is 1. The zero-order chi connectivity index (χ0) is 22.6. The van der Waals surface area contributed by atoms with E-state index >= 15 is 0 Å². The van der Waals surface area contributed by atoms with Crippen LogP contribution < -0.4 is 10.1 Å². The van der Waals surface area contributed by atoms with Crippen LogP contribution in [0.3, 0.4) is 0 Å². The van der Waals surface area contributed by atoms with Crippen LogP contribution >= 0.6 is 0 Å². The molecule has 1 fully saturated rings. The fourth-order valence-electron chi connectivity index (χ4n) is 4.08. The monoisotopic (exact) mass is 424 g/mol. The van der Waals surface area contributed by atoms with Crippen LogP contribution in [0.5, 0.6) is 5.75 Å². The Kier molecular flexibility index (Phi) is 6.88. The van der Waals surface area contributed by atoms with E-state index in [9.17, 15) is 9.59 Å². The Morgan fingerprint density at radius 1 is 1.10 bits per heavy atom. The van der Waals surface area contributed by atoms with Crippen molar-refractivity contribution in [2.75, 3.05) is 13.7 Å². The van der Waals surface area contributed by atoms with E-state index in [0.717, 1.165) is 11.1 Å². The lowest BCUT2D eigenvalue weighted by Gasteiger charge is -2.29. The molecule has 0 bridgehead atoms. The largest absolute Gasteiger partial charge is 0.496 e. The molecule has 166 valence electrons. The van der Waals surface area contributed by atoms with Crippen molar-refractivity contribution in [2.45, 2.75) is 51.8 Å². The van der Waals surface area contributed by atoms with Gasteiger partial charge in [-0.3, -0.25) is 4.79 Å². The normalized spacial score (nSPS) is 18.4. The standard InChI is InChI=1S/C25H32N2O4/c1-17(18-11-7-6-8-12-18)27-16-19(15-22(27)28)23(26-24(29)31-25(2,3)4)20-13-9-10-14-21(20)30-5/h6-14,17,19,23H,15-16H2,1-5H3,(H,26,29)/t17-,19-,23?/m1/s1. The number of hydrogen-bond donors (Lipinski definition) is 1. The number of hydrogen-bond acceptors (Lipinski definition) is 4. The summed E-state index contributed by atoms with van der Waals surface area (Å²) in [6.45, 7) is 8.05. The molecule has 1 unspecified atom stereocenters. The molecule has 0 aliphatic carbocycles. The lowest BCUT2D eigenvalue weighted by molar-refractivity contribution is -0.129. The van der Waals surface area contributed by atoms with E-state index in [-0.39, 0.29) is 17.9 Å². The summed E-state index contributed by atoms with van der Waals surface area (Å²) in [5.41, 5.74) is 1.31. The van der Waals surface area contributed by atoms with Crippen LogP contribution in [0.4, 0.5) is 4.79 Å². The second-order valence-corrected chi connectivity index (χ2v) is 8.96. The first kappa shape index (κ1) is 22.7. The van der Waals surface area contributed by atoms with E-state index in [2.05, 4.69) is 5.32 Å². The minimum Gasteiger partial charge on any atom is -0.496 e. The molecule has 6 heteroatoms. The minimum absolute atomic E-state index is 0.0430. The van der Waals surface area contributed by atoms with Crippen molar-refractivity contribution >= 4 is 12.0 Å². The van der Waals surface area contributed by atoms with E-state index in [4.69, 9.17) is 9.47 Å². The smallest absolute Gasteiger partial charge is 0.408 e. The lowest BCUT2D eigenvalue weighted by atomic mass is 9.91. The number of ether oxygens (including phenoxy) is 2. The number of para-hydroxylation sites is 1. The van der Waals surface area contributed by atoms with Crippen molar-refractivity contribution in [3.05, 3.63) is 65.7 Å². The Bertz CT molecular complexity index is 907. The summed E-state index contributed by atoms with van der Waals surface area (Å²) < 4.78 is 11.1. The van der Waals surface area contributed by atoms with E-state index < -0.39 is 17.7 Å². The van der Waals surface area contributed by atoms with E-state index in [1.807, 2.05) is 87.2 Å². The van der Waals surface area contributed by atoms with Crippen LogP contribution in [-0.4, -0.2) is 36.2 Å². The molecule has 1 heterocycles. The zero-order valence-electron chi connectivity index (χ0n) is 18.9. The molecule has 1 aliphatic heterocycles. The van der Waals surface area contributed by atoms with Crippen LogP contribution in [0.2, 0.25) is 0 Å². The lowest BCUT2D eigenvalue weighted by Crippen LogP contribution is -2.39. The quantitative estimate of drug-likeness (QED) is 0.718. The van der Waals surface area contributed by atoms with Crippen LogP contribution in [0.1, 0.15) is 57.3 Å². The maximum absolute atomic E-state index is 13.0. The van der Waals surface area contributed by atoms with Crippen molar-refractivity contribution in [3.8, 4) is 5.75 Å². The Labute approximate surface area is 184 Å². The van der Waals surface area contributed by atoms with Gasteiger partial charge in [0.15, 0.2) is 0 Å². The number of carbonyl (C=O) groups is 2. The molecule has 1 aliphatic rings. The van der Waals surface area contributed by atoms with E-state index in [1.165, 1.54) is 0 Å². The van der Waals surface area contributed by atoms with E-state index in [0.29, 0.717) is 18.7 Å². The van der Waals surface area contributed by atoms with Gasteiger partial charge in [-0.2, -0.15) is 0 Å². The summed E-state index contributed by atoms with van der Waals surface area (Å²) in [5, 5.41) is 3.01. The molecule has 0 radical (unpaired) electrons. The van der Waals surface area contributed by atoms with Gasteiger partial charge < -0.3 is 19.7 Å². The first-order chi connectivity index (χ1) is 14.7. The molecular weight excluding hydrogens is 392 g/mol. The SMILES string of the molecule is COc1ccccc1C(NC(=O)OC(C)(C)C)[C@@H]1CC(=O)N([C@H](C)c2ccccc2)C1. The summed E-state index contributed by atoms with van der Waals surface area (Å²) >= 11 is 0. The first-order valence-electron chi connectivity index (χ1n) is 10.7. The van der Waals surface area contributed by atoms with Gasteiger partial charge in [-0.1, -0.05) is 48.5 Å². The minimum atomic E-state index is -0.616. The van der Waals surface area contributed by atoms with E-state index in [1.54, 1.807) is 7.11 Å². The highest BCUT2D eigenvalue weighted by molar-refractivity contribution is 5.79. The van der Waals surface area contributed by atoms with Crippen molar-refractivity contribution in [3.63, 3.8) is 0 Å². The molecule has 0 saturated carbocycles. The highest BCUT2D eigenvalue weighted by atomic mass is 16.6. The van der Waals surface area contributed by atoms with Crippen LogP contribution in [0.15, 0.2) is 54.6 Å². The molecule has 1 saturated heterocycles. The third-order valence-corrected chi connectivity index (χ3v) is 5.56. The summed E-state index contributed by atoms with van der Waals surface area (Å²) in [4.78, 5) is 27.5. The van der Waals surface area contributed by atoms with Gasteiger partial charge in [0.25, 0.3) is 0 Å². The average molecular weight is 425 g/mol. The number of amides is 2. The number of alkyl carbamates (subject to hydrolysis) is 1. The van der Waals surface area contributed by atoms with Gasteiger partial charge in [0, 0.05) is 24.4 Å². The second kappa shape index (κ2) is 9.41. The molecule has 31 heavy (non-hydrogen) atoms. The molecule has 0 spiro atoms. The second-order valence-electron chi connectivity index (χ2n) is 8.96. The van der Waals surface area contributed by atoms with Gasteiger partial charge in [0.1, 0.15) is 11.4 Å². The maximum Gasteiger partial charge on any atom is 0.408 e. The predicted molar refractivity (Wildman–Crippen MR) is 120 cm³/mol. The Morgan fingerprint density at radius 2 is 1.74 bits per heavy atom. The Hall–Kier alpha value is -3.02. The number of nitrogens with one attached hydrogen (secondary N) is 1. The van der Waals surface area contributed by atoms with Crippen molar-refractivity contribution < 1.29 is 19.1 Å². The zero-order valence-corrected chi connectivity index (χ0v) is 18.9. The fraction of sp³-hybridized carbons (Fsp3) is 0.440. The number of carbonyl (C=O) groups excluding carboxylic acids is 2. The number of nitrogens with zero attached hydrogens (tertiary/aromatic N) is 1. The Balaban J connectivity index is 1.87. The van der Waals surface area contributed by atoms with Gasteiger partial charge >= 0.3 is 6.09 Å². The average Bonchev–Trinajstić information content (AvgIpc) is 3.12. The number of benzene rings is 2. The molecular formula is C25H32N2O4. The number of rotatable bonds is 6. The molecule has 1 N–H and O–H groups in total. The van der Waals surface area contributed by atoms with Gasteiger partial charge in [0.2, 0.25) is 5.91 Å². The maximum atomic E-state index is 13.0. The molecule has 0 aromatic heterocycles. The third kappa shape index (κ3) is 5.57. The van der Waals surface area contributed by atoms with Crippen LogP contribution in [-0.2, 0) is 9.53 Å². The number of methoxy groups -OCH3 is 1. The molecule has 3 atom stereocenters. The molecule has 2 amide bonds. The topological polar surface area (TPSA) is 67.9 Å². The predicted octanol–water partition coefficient (Wildman–Crippen LogP) is 4.87. The summed E-state index contributed by atoms with van der Waals surface area (Å²) in [6, 6.07) is 17.1. The summed E-state index contributed by atoms with van der Waals surface area (Å²) in [6.07, 6.45) is -0.166. The van der Waals surface area contributed by atoms with Crippen LogP contribution in [0.25, 0.3) is 0 Å². The van der Waals surface area contributed by atoms with Crippen molar-refractivity contribution in [2.24, 2.45) is 5.92 Å². The highest BCUT2D eigenvalue weighted by Gasteiger charge is 2.40.